The normalized spacial score (nSPS) is 12.4. The summed E-state index contributed by atoms with van der Waals surface area (Å²) in [6, 6.07) is 111. The lowest BCUT2D eigenvalue weighted by Gasteiger charge is -2.36. The zero-order valence-corrected chi connectivity index (χ0v) is 41.3. The van der Waals surface area contributed by atoms with Crippen LogP contribution in [0.25, 0.3) is 65.7 Å². The van der Waals surface area contributed by atoms with Crippen LogP contribution in [-0.2, 0) is 5.41 Å². The highest BCUT2D eigenvalue weighted by Gasteiger charge is 2.49. The molecule has 1 aliphatic carbocycles. The first-order valence-corrected chi connectivity index (χ1v) is 25.9. The van der Waals surface area contributed by atoms with Crippen molar-refractivity contribution in [2.24, 2.45) is 0 Å². The van der Waals surface area contributed by atoms with Gasteiger partial charge in [-0.1, -0.05) is 231 Å². The van der Waals surface area contributed by atoms with Gasteiger partial charge in [0.05, 0.1) is 5.41 Å². The van der Waals surface area contributed by atoms with E-state index in [-0.39, 0.29) is 0 Å². The molecule has 0 fully saturated rings. The molecule has 75 heavy (non-hydrogen) atoms. The van der Waals surface area contributed by atoms with Gasteiger partial charge in [0.1, 0.15) is 0 Å². The minimum atomic E-state index is -0.684. The average Bonchev–Trinajstić information content (AvgIpc) is 3.96. The van der Waals surface area contributed by atoms with E-state index in [0.29, 0.717) is 0 Å². The summed E-state index contributed by atoms with van der Waals surface area (Å²) in [6.07, 6.45) is 0. The fraction of sp³-hybridized carbons (Fsp3) is 0.0137. The molecule has 0 N–H and O–H groups in total. The molecule has 352 valence electrons. The largest absolute Gasteiger partial charge is 0.310 e. The first-order valence-electron chi connectivity index (χ1n) is 25.9. The number of anilines is 6. The van der Waals surface area contributed by atoms with Crippen LogP contribution in [0.4, 0.5) is 34.1 Å². The first-order chi connectivity index (χ1) is 37.2. The van der Waals surface area contributed by atoms with Crippen LogP contribution in [-0.4, -0.2) is 0 Å². The highest BCUT2D eigenvalue weighted by atomic mass is 15.1. The Hall–Kier alpha value is -9.76. The molecule has 0 saturated heterocycles. The van der Waals surface area contributed by atoms with E-state index in [9.17, 15) is 0 Å². The number of fused-ring (bicyclic) bond motifs is 10. The Morgan fingerprint density at radius 3 is 1.12 bits per heavy atom. The summed E-state index contributed by atoms with van der Waals surface area (Å²) in [7, 11) is 0. The van der Waals surface area contributed by atoms with E-state index >= 15 is 0 Å². The molecule has 13 aromatic carbocycles. The molecular weight excluding hydrogens is 905 g/mol. The zero-order valence-electron chi connectivity index (χ0n) is 41.3. The number of benzene rings is 13. The molecule has 1 aliphatic rings. The van der Waals surface area contributed by atoms with Gasteiger partial charge in [-0.2, -0.15) is 0 Å². The highest BCUT2D eigenvalue weighted by molar-refractivity contribution is 6.21. The van der Waals surface area contributed by atoms with Crippen molar-refractivity contribution in [3.8, 4) is 33.4 Å². The molecule has 0 bridgehead atoms. The standard InChI is InChI=1S/C73H50N2/c1-7-21-51(22-8-1)53-35-40-60(41-36-53)74(58-29-15-5-16-30-58)62-44-47-64-55(49-62)39-46-68-70-66-34-20-19-33-65(66)69-50-63(75(59-31-17-6-18-32-59)61-42-37-54(38-43-61)52-23-9-2-10-24-52)45-48-67(69)72(70)73(71(64)68,56-25-11-3-12-26-56)57-27-13-4-14-28-57/h1-50H. The first kappa shape index (κ1) is 44.0. The second-order valence-electron chi connectivity index (χ2n) is 19.6. The van der Waals surface area contributed by atoms with Gasteiger partial charge in [0, 0.05) is 34.1 Å². The van der Waals surface area contributed by atoms with E-state index < -0.39 is 5.41 Å². The lowest BCUT2D eigenvalue weighted by atomic mass is 9.65. The van der Waals surface area contributed by atoms with Crippen LogP contribution in [0.15, 0.2) is 303 Å². The summed E-state index contributed by atoms with van der Waals surface area (Å²) in [5, 5.41) is 7.35. The van der Waals surface area contributed by atoms with Gasteiger partial charge in [-0.25, -0.2) is 0 Å². The van der Waals surface area contributed by atoms with Gasteiger partial charge in [-0.15, -0.1) is 0 Å². The molecule has 0 saturated carbocycles. The van der Waals surface area contributed by atoms with Gasteiger partial charge in [0.25, 0.3) is 0 Å². The zero-order chi connectivity index (χ0) is 49.7. The van der Waals surface area contributed by atoms with E-state index in [2.05, 4.69) is 313 Å². The van der Waals surface area contributed by atoms with E-state index in [0.717, 1.165) is 34.1 Å². The Labute approximate surface area is 438 Å². The number of hydrogen-bond acceptors (Lipinski definition) is 2. The quantitative estimate of drug-likeness (QED) is 0.126. The maximum absolute atomic E-state index is 2.44. The topological polar surface area (TPSA) is 6.48 Å². The third kappa shape index (κ3) is 7.33. The SMILES string of the molecule is c1ccc(-c2ccc(N(c3ccccc3)c3ccc4c5c(ccc4c3)-c3c(c4ccc(N(c6ccccc6)c6ccc(-c7ccccc7)cc6)cc4c4ccccc34)C5(c3ccccc3)c3ccccc3)cc2)cc1. The minimum Gasteiger partial charge on any atom is -0.310 e. The molecule has 0 aliphatic heterocycles. The van der Waals surface area contributed by atoms with E-state index in [1.54, 1.807) is 0 Å². The van der Waals surface area contributed by atoms with Crippen molar-refractivity contribution in [3.05, 3.63) is 326 Å². The third-order valence-electron chi connectivity index (χ3n) is 15.5. The maximum Gasteiger partial charge on any atom is 0.0725 e. The second kappa shape index (κ2) is 18.4. The van der Waals surface area contributed by atoms with Crippen molar-refractivity contribution < 1.29 is 0 Å². The van der Waals surface area contributed by atoms with Gasteiger partial charge in [0.2, 0.25) is 0 Å². The van der Waals surface area contributed by atoms with E-state index in [4.69, 9.17) is 0 Å². The Kier molecular flexibility index (Phi) is 10.8. The van der Waals surface area contributed by atoms with Crippen molar-refractivity contribution in [2.75, 3.05) is 9.80 Å². The summed E-state index contributed by atoms with van der Waals surface area (Å²) in [6.45, 7) is 0. The van der Waals surface area contributed by atoms with Crippen molar-refractivity contribution in [1.29, 1.82) is 0 Å². The van der Waals surface area contributed by atoms with E-state index in [1.807, 2.05) is 0 Å². The molecule has 0 amide bonds. The molecule has 0 aromatic heterocycles. The monoisotopic (exact) mass is 954 g/mol. The molecule has 14 rings (SSSR count). The van der Waals surface area contributed by atoms with Gasteiger partial charge in [-0.05, 0) is 161 Å². The van der Waals surface area contributed by atoms with Crippen LogP contribution in [0.1, 0.15) is 22.3 Å². The fourth-order valence-electron chi connectivity index (χ4n) is 12.2. The van der Waals surface area contributed by atoms with Crippen LogP contribution in [0, 0.1) is 0 Å². The van der Waals surface area contributed by atoms with Crippen molar-refractivity contribution in [2.45, 2.75) is 5.41 Å². The summed E-state index contributed by atoms with van der Waals surface area (Å²) in [5.74, 6) is 0. The predicted molar refractivity (Wildman–Crippen MR) is 317 cm³/mol. The van der Waals surface area contributed by atoms with Crippen LogP contribution in [0.2, 0.25) is 0 Å². The van der Waals surface area contributed by atoms with Gasteiger partial charge in [-0.3, -0.25) is 0 Å². The Morgan fingerprint density at radius 2 is 0.613 bits per heavy atom. The Bertz CT molecular complexity index is 4140. The minimum absolute atomic E-state index is 0.684. The predicted octanol–water partition coefficient (Wildman–Crippen LogP) is 19.8. The molecule has 0 heterocycles. The lowest BCUT2D eigenvalue weighted by molar-refractivity contribution is 0.783. The molecule has 0 radical (unpaired) electrons. The molecule has 2 heteroatoms. The smallest absolute Gasteiger partial charge is 0.0725 e. The summed E-state index contributed by atoms with van der Waals surface area (Å²) in [5.41, 5.74) is 18.4. The van der Waals surface area contributed by atoms with Gasteiger partial charge < -0.3 is 9.80 Å². The van der Waals surface area contributed by atoms with Crippen LogP contribution < -0.4 is 9.80 Å². The summed E-state index contributed by atoms with van der Waals surface area (Å²) in [4.78, 5) is 4.78. The van der Waals surface area contributed by atoms with Crippen molar-refractivity contribution >= 4 is 66.4 Å². The van der Waals surface area contributed by atoms with Gasteiger partial charge in [0.15, 0.2) is 0 Å². The highest BCUT2D eigenvalue weighted by Crippen LogP contribution is 2.62. The molecule has 13 aromatic rings. The number of para-hydroxylation sites is 2. The molecular formula is C73H50N2. The number of hydrogen-bond donors (Lipinski definition) is 0. The van der Waals surface area contributed by atoms with E-state index in [1.165, 1.54) is 88.0 Å². The lowest BCUT2D eigenvalue weighted by Crippen LogP contribution is -2.29. The molecule has 0 unspecified atom stereocenters. The average molecular weight is 955 g/mol. The van der Waals surface area contributed by atoms with Crippen molar-refractivity contribution in [3.63, 3.8) is 0 Å². The molecule has 0 spiro atoms. The number of nitrogens with zero attached hydrogens (tertiary/aromatic N) is 2. The Morgan fingerprint density at radius 1 is 0.227 bits per heavy atom. The third-order valence-corrected chi connectivity index (χ3v) is 15.5. The summed E-state index contributed by atoms with van der Waals surface area (Å²) < 4.78 is 0. The number of rotatable bonds is 10. The van der Waals surface area contributed by atoms with Gasteiger partial charge >= 0.3 is 0 Å². The van der Waals surface area contributed by atoms with Crippen molar-refractivity contribution in [1.82, 2.24) is 0 Å². The van der Waals surface area contributed by atoms with Crippen LogP contribution in [0.3, 0.4) is 0 Å². The Balaban J connectivity index is 1.00. The summed E-state index contributed by atoms with van der Waals surface area (Å²) >= 11 is 0. The maximum atomic E-state index is 2.44. The fourth-order valence-corrected chi connectivity index (χ4v) is 12.2. The van der Waals surface area contributed by atoms with Crippen LogP contribution in [0.5, 0.6) is 0 Å². The van der Waals surface area contributed by atoms with Crippen LogP contribution >= 0.6 is 0 Å². The molecule has 2 nitrogen and oxygen atoms in total. The second-order valence-corrected chi connectivity index (χ2v) is 19.6. The molecule has 0 atom stereocenters.